The molecule has 0 aliphatic heterocycles. The number of carbonyl (C=O) groups is 1. The molecule has 1 fully saturated rings. The number of amides is 1. The third-order valence-electron chi connectivity index (χ3n) is 3.55. The second-order valence-corrected chi connectivity index (χ2v) is 5.92. The van der Waals surface area contributed by atoms with Crippen molar-refractivity contribution < 1.29 is 4.79 Å². The van der Waals surface area contributed by atoms with E-state index in [1.54, 1.807) is 0 Å². The Morgan fingerprint density at radius 3 is 2.65 bits per heavy atom. The molecule has 1 heterocycles. The molecule has 0 radical (unpaired) electrons. The Bertz CT molecular complexity index is 458. The molecule has 4 nitrogen and oxygen atoms in total. The van der Waals surface area contributed by atoms with E-state index in [0.717, 1.165) is 42.9 Å². The van der Waals surface area contributed by atoms with Crippen molar-refractivity contribution in [3.05, 3.63) is 23.4 Å². The largest absolute Gasteiger partial charge is 0.373 e. The van der Waals surface area contributed by atoms with Crippen LogP contribution in [-0.2, 0) is 6.42 Å². The van der Waals surface area contributed by atoms with Crippen LogP contribution in [0.15, 0.2) is 12.1 Å². The predicted octanol–water partition coefficient (Wildman–Crippen LogP) is 2.95. The highest BCUT2D eigenvalue weighted by Crippen LogP contribution is 2.29. The zero-order valence-electron chi connectivity index (χ0n) is 12.9. The average Bonchev–Trinajstić information content (AvgIpc) is 3.27. The lowest BCUT2D eigenvalue weighted by Crippen LogP contribution is -2.36. The molecule has 1 aliphatic rings. The lowest BCUT2D eigenvalue weighted by Gasteiger charge is -2.25. The smallest absolute Gasteiger partial charge is 0.254 e. The van der Waals surface area contributed by atoms with Crippen LogP contribution < -0.4 is 5.32 Å². The van der Waals surface area contributed by atoms with Crippen molar-refractivity contribution in [2.75, 3.05) is 18.9 Å². The summed E-state index contributed by atoms with van der Waals surface area (Å²) in [6, 6.07) is 4.23. The maximum absolute atomic E-state index is 12.8. The Kier molecular flexibility index (Phi) is 4.63. The lowest BCUT2D eigenvalue weighted by molar-refractivity contribution is 0.0722. The van der Waals surface area contributed by atoms with Crippen LogP contribution in [-0.4, -0.2) is 35.4 Å². The topological polar surface area (TPSA) is 45.2 Å². The van der Waals surface area contributed by atoms with Gasteiger partial charge in [-0.15, -0.1) is 0 Å². The first kappa shape index (κ1) is 14.8. The van der Waals surface area contributed by atoms with Gasteiger partial charge in [-0.25, -0.2) is 4.98 Å². The van der Waals surface area contributed by atoms with E-state index in [0.29, 0.717) is 12.0 Å². The molecule has 20 heavy (non-hydrogen) atoms. The first-order chi connectivity index (χ1) is 9.55. The van der Waals surface area contributed by atoms with Gasteiger partial charge in [0, 0.05) is 30.9 Å². The summed E-state index contributed by atoms with van der Waals surface area (Å²) in [4.78, 5) is 19.3. The van der Waals surface area contributed by atoms with Gasteiger partial charge in [-0.2, -0.15) is 0 Å². The first-order valence-corrected chi connectivity index (χ1v) is 7.54. The number of hydrogen-bond donors (Lipinski definition) is 1. The molecule has 1 aliphatic carbocycles. The Balaban J connectivity index is 2.25. The predicted molar refractivity (Wildman–Crippen MR) is 82.1 cm³/mol. The number of pyridine rings is 1. The molecule has 2 rings (SSSR count). The first-order valence-electron chi connectivity index (χ1n) is 7.54. The molecule has 1 aromatic heterocycles. The van der Waals surface area contributed by atoms with Gasteiger partial charge in [-0.05, 0) is 37.3 Å². The van der Waals surface area contributed by atoms with Crippen molar-refractivity contribution in [1.82, 2.24) is 9.88 Å². The van der Waals surface area contributed by atoms with Crippen LogP contribution in [0.4, 0.5) is 5.82 Å². The van der Waals surface area contributed by atoms with Gasteiger partial charge in [-0.1, -0.05) is 20.8 Å². The summed E-state index contributed by atoms with van der Waals surface area (Å²) >= 11 is 0. The summed E-state index contributed by atoms with van der Waals surface area (Å²) in [5, 5.41) is 3.04. The van der Waals surface area contributed by atoms with E-state index in [-0.39, 0.29) is 5.91 Å². The van der Waals surface area contributed by atoms with Crippen molar-refractivity contribution >= 4 is 11.7 Å². The van der Waals surface area contributed by atoms with Gasteiger partial charge >= 0.3 is 0 Å². The fourth-order valence-electron chi connectivity index (χ4n) is 2.36. The summed E-state index contributed by atoms with van der Waals surface area (Å²) in [7, 11) is 1.84. The van der Waals surface area contributed by atoms with Crippen molar-refractivity contribution in [3.8, 4) is 0 Å². The molecule has 0 bridgehead atoms. The fourth-order valence-corrected chi connectivity index (χ4v) is 2.36. The number of aromatic nitrogens is 1. The average molecular weight is 275 g/mol. The van der Waals surface area contributed by atoms with E-state index in [1.165, 1.54) is 0 Å². The standard InChI is InChI=1S/C16H25N3O/c1-5-13-8-12(9-15(17-4)18-13)16(20)19(10-11(2)3)14-6-7-14/h8-9,11,14H,5-7,10H2,1-4H3,(H,17,18). The number of carbonyl (C=O) groups excluding carboxylic acids is 1. The van der Waals surface area contributed by atoms with E-state index in [9.17, 15) is 4.79 Å². The number of nitrogens with one attached hydrogen (secondary N) is 1. The molecule has 1 amide bonds. The highest BCUT2D eigenvalue weighted by molar-refractivity contribution is 5.95. The van der Waals surface area contributed by atoms with Crippen molar-refractivity contribution in [2.45, 2.75) is 46.1 Å². The minimum Gasteiger partial charge on any atom is -0.373 e. The van der Waals surface area contributed by atoms with Gasteiger partial charge in [0.2, 0.25) is 0 Å². The molecule has 0 spiro atoms. The van der Waals surface area contributed by atoms with Gasteiger partial charge < -0.3 is 10.2 Å². The summed E-state index contributed by atoms with van der Waals surface area (Å²) in [6.45, 7) is 7.21. The van der Waals surface area contributed by atoms with Gasteiger partial charge in [-0.3, -0.25) is 4.79 Å². The second kappa shape index (κ2) is 6.25. The van der Waals surface area contributed by atoms with Crippen LogP contribution in [0.5, 0.6) is 0 Å². The van der Waals surface area contributed by atoms with Crippen molar-refractivity contribution in [2.24, 2.45) is 5.92 Å². The van der Waals surface area contributed by atoms with E-state index in [1.807, 2.05) is 24.1 Å². The normalized spacial score (nSPS) is 14.4. The second-order valence-electron chi connectivity index (χ2n) is 5.92. The molecule has 0 aromatic carbocycles. The van der Waals surface area contributed by atoms with Crippen molar-refractivity contribution in [1.29, 1.82) is 0 Å². The molecule has 0 saturated heterocycles. The maximum atomic E-state index is 12.8. The molecule has 0 unspecified atom stereocenters. The highest BCUT2D eigenvalue weighted by atomic mass is 16.2. The van der Waals surface area contributed by atoms with Crippen LogP contribution in [0.1, 0.15) is 49.7 Å². The van der Waals surface area contributed by atoms with Crippen LogP contribution >= 0.6 is 0 Å². The number of nitrogens with zero attached hydrogens (tertiary/aromatic N) is 2. The molecular formula is C16H25N3O. The van der Waals surface area contributed by atoms with E-state index < -0.39 is 0 Å². The van der Waals surface area contributed by atoms with Gasteiger partial charge in [0.25, 0.3) is 5.91 Å². The maximum Gasteiger partial charge on any atom is 0.254 e. The van der Waals surface area contributed by atoms with Crippen LogP contribution in [0, 0.1) is 5.92 Å². The van der Waals surface area contributed by atoms with Crippen LogP contribution in [0.25, 0.3) is 0 Å². The Morgan fingerprint density at radius 2 is 2.15 bits per heavy atom. The molecule has 1 saturated carbocycles. The molecule has 1 N–H and O–H groups in total. The molecule has 4 heteroatoms. The summed E-state index contributed by atoms with van der Waals surface area (Å²) < 4.78 is 0. The zero-order valence-corrected chi connectivity index (χ0v) is 12.9. The number of hydrogen-bond acceptors (Lipinski definition) is 3. The Morgan fingerprint density at radius 1 is 1.45 bits per heavy atom. The molecule has 0 atom stereocenters. The Labute approximate surface area is 121 Å². The minimum absolute atomic E-state index is 0.148. The third-order valence-corrected chi connectivity index (χ3v) is 3.55. The third kappa shape index (κ3) is 3.50. The van der Waals surface area contributed by atoms with Crippen molar-refractivity contribution in [3.63, 3.8) is 0 Å². The quantitative estimate of drug-likeness (QED) is 0.868. The number of rotatable bonds is 6. The van der Waals surface area contributed by atoms with Crippen LogP contribution in [0.2, 0.25) is 0 Å². The fraction of sp³-hybridized carbons (Fsp3) is 0.625. The van der Waals surface area contributed by atoms with E-state index in [4.69, 9.17) is 0 Å². The van der Waals surface area contributed by atoms with E-state index in [2.05, 4.69) is 31.1 Å². The lowest BCUT2D eigenvalue weighted by atomic mass is 10.1. The molecule has 110 valence electrons. The SMILES string of the molecule is CCc1cc(C(=O)N(CC(C)C)C2CC2)cc(NC)n1. The highest BCUT2D eigenvalue weighted by Gasteiger charge is 2.33. The monoisotopic (exact) mass is 275 g/mol. The number of anilines is 1. The van der Waals surface area contributed by atoms with Gasteiger partial charge in [0.15, 0.2) is 0 Å². The van der Waals surface area contributed by atoms with Gasteiger partial charge in [0.1, 0.15) is 5.82 Å². The summed E-state index contributed by atoms with van der Waals surface area (Å²) in [6.07, 6.45) is 3.12. The summed E-state index contributed by atoms with van der Waals surface area (Å²) in [5.74, 6) is 1.42. The number of aryl methyl sites for hydroxylation is 1. The zero-order chi connectivity index (χ0) is 14.7. The van der Waals surface area contributed by atoms with Crippen LogP contribution in [0.3, 0.4) is 0 Å². The summed E-state index contributed by atoms with van der Waals surface area (Å²) in [5.41, 5.74) is 1.72. The Hall–Kier alpha value is -1.58. The molecule has 1 aromatic rings. The van der Waals surface area contributed by atoms with Gasteiger partial charge in [0.05, 0.1) is 0 Å². The molecular weight excluding hydrogens is 250 g/mol. The minimum atomic E-state index is 0.148. The van der Waals surface area contributed by atoms with E-state index >= 15 is 0 Å².